The zero-order chi connectivity index (χ0) is 17.2. The van der Waals surface area contributed by atoms with Crippen LogP contribution in [0.15, 0.2) is 50.8 Å². The van der Waals surface area contributed by atoms with Crippen molar-refractivity contribution in [3.05, 3.63) is 47.7 Å². The maximum Gasteiger partial charge on any atom is 0.373 e. The Balaban J connectivity index is 1.64. The number of hydrogen-bond donors (Lipinski definition) is 1. The molecule has 0 aliphatic carbocycles. The maximum absolute atomic E-state index is 11.2. The number of thioether (sulfide) groups is 2. The van der Waals surface area contributed by atoms with E-state index >= 15 is 0 Å². The molecule has 1 N–H and O–H groups in total. The van der Waals surface area contributed by atoms with Crippen molar-refractivity contribution >= 4 is 40.8 Å². The molecule has 1 aromatic heterocycles. The normalized spacial score (nSPS) is 11.5. The molecule has 0 spiro atoms. The summed E-state index contributed by atoms with van der Waals surface area (Å²) in [7, 11) is 0. The zero-order valence-electron chi connectivity index (χ0n) is 13.2. The number of carbonyl (C=O) groups is 1. The molecule has 128 valence electrons. The van der Waals surface area contributed by atoms with Crippen LogP contribution < -0.4 is 0 Å². The molecule has 0 aliphatic heterocycles. The van der Waals surface area contributed by atoms with Crippen LogP contribution >= 0.6 is 34.9 Å². The van der Waals surface area contributed by atoms with E-state index in [0.29, 0.717) is 6.42 Å². The molecular formula is C16H18N2O3S3. The summed E-state index contributed by atoms with van der Waals surface area (Å²) in [5, 5.41) is 17.5. The Morgan fingerprint density at radius 1 is 1.25 bits per heavy atom. The Kier molecular flexibility index (Phi) is 8.14. The van der Waals surface area contributed by atoms with Crippen molar-refractivity contribution in [2.24, 2.45) is 0 Å². The van der Waals surface area contributed by atoms with E-state index in [-0.39, 0.29) is 12.4 Å². The standard InChI is InChI=1S/C16H18N2O3S3/c1-2-13(19)14(20)21-9-6-10-22-15-17-18-16(24-15)23-11-12-7-4-3-5-8-12/h2-5,7-8,19H,6,9-11H2,1H3. The van der Waals surface area contributed by atoms with Gasteiger partial charge in [-0.05, 0) is 25.0 Å². The zero-order valence-corrected chi connectivity index (χ0v) is 15.6. The molecule has 1 aromatic carbocycles. The Morgan fingerprint density at radius 3 is 2.67 bits per heavy atom. The number of aromatic nitrogens is 2. The molecule has 0 radical (unpaired) electrons. The van der Waals surface area contributed by atoms with E-state index in [0.717, 1.165) is 20.2 Å². The largest absolute Gasteiger partial charge is 0.502 e. The van der Waals surface area contributed by atoms with Crippen molar-refractivity contribution in [3.63, 3.8) is 0 Å². The summed E-state index contributed by atoms with van der Waals surface area (Å²) < 4.78 is 6.78. The van der Waals surface area contributed by atoms with Gasteiger partial charge in [-0.15, -0.1) is 10.2 Å². The lowest BCUT2D eigenvalue weighted by Crippen LogP contribution is -2.08. The quantitative estimate of drug-likeness (QED) is 0.228. The first-order valence-electron chi connectivity index (χ1n) is 7.34. The number of esters is 1. The van der Waals surface area contributed by atoms with Crippen molar-refractivity contribution in [2.75, 3.05) is 12.4 Å². The van der Waals surface area contributed by atoms with E-state index in [1.807, 2.05) is 18.2 Å². The lowest BCUT2D eigenvalue weighted by molar-refractivity contribution is -0.142. The average molecular weight is 383 g/mol. The second-order valence-corrected chi connectivity index (χ2v) is 8.16. The fourth-order valence-corrected chi connectivity index (χ4v) is 4.57. The summed E-state index contributed by atoms with van der Waals surface area (Å²) in [6, 6.07) is 10.2. The average Bonchev–Trinajstić information content (AvgIpc) is 3.07. The highest BCUT2D eigenvalue weighted by atomic mass is 32.2. The van der Waals surface area contributed by atoms with Gasteiger partial charge in [0, 0.05) is 11.5 Å². The molecule has 8 heteroatoms. The monoisotopic (exact) mass is 382 g/mol. The molecule has 2 rings (SSSR count). The minimum atomic E-state index is -0.682. The van der Waals surface area contributed by atoms with E-state index < -0.39 is 5.97 Å². The molecule has 0 bridgehead atoms. The molecule has 0 aliphatic rings. The minimum Gasteiger partial charge on any atom is -0.502 e. The molecule has 0 fully saturated rings. The summed E-state index contributed by atoms with van der Waals surface area (Å²) in [6.45, 7) is 1.85. The van der Waals surface area contributed by atoms with E-state index in [4.69, 9.17) is 9.84 Å². The third kappa shape index (κ3) is 6.54. The van der Waals surface area contributed by atoms with Crippen LogP contribution in [0, 0.1) is 0 Å². The lowest BCUT2D eigenvalue weighted by atomic mass is 10.2. The first-order valence-corrected chi connectivity index (χ1v) is 10.1. The van der Waals surface area contributed by atoms with Crippen molar-refractivity contribution in [1.82, 2.24) is 10.2 Å². The fourth-order valence-electron chi connectivity index (χ4n) is 1.61. The summed E-state index contributed by atoms with van der Waals surface area (Å²) in [5.41, 5.74) is 1.26. The van der Waals surface area contributed by atoms with Gasteiger partial charge in [-0.3, -0.25) is 0 Å². The lowest BCUT2D eigenvalue weighted by Gasteiger charge is -2.02. The van der Waals surface area contributed by atoms with Crippen molar-refractivity contribution in [3.8, 4) is 0 Å². The number of aliphatic hydroxyl groups is 1. The van der Waals surface area contributed by atoms with Gasteiger partial charge >= 0.3 is 5.97 Å². The molecule has 0 unspecified atom stereocenters. The topological polar surface area (TPSA) is 72.3 Å². The molecule has 0 atom stereocenters. The number of nitrogens with zero attached hydrogens (tertiary/aromatic N) is 2. The van der Waals surface area contributed by atoms with Gasteiger partial charge in [-0.2, -0.15) is 0 Å². The third-order valence-electron chi connectivity index (χ3n) is 2.82. The van der Waals surface area contributed by atoms with E-state index in [1.165, 1.54) is 11.6 Å². The Hall–Kier alpha value is -1.51. The Morgan fingerprint density at radius 2 is 1.96 bits per heavy atom. The number of rotatable bonds is 9. The van der Waals surface area contributed by atoms with Gasteiger partial charge in [0.25, 0.3) is 0 Å². The highest BCUT2D eigenvalue weighted by Crippen LogP contribution is 2.30. The van der Waals surface area contributed by atoms with Crippen LogP contribution in [0.1, 0.15) is 18.9 Å². The maximum atomic E-state index is 11.2. The van der Waals surface area contributed by atoms with Gasteiger partial charge in [0.1, 0.15) is 0 Å². The van der Waals surface area contributed by atoms with E-state index in [1.54, 1.807) is 41.8 Å². The number of carbonyl (C=O) groups excluding carboxylic acids is 1. The minimum absolute atomic E-state index is 0.276. The highest BCUT2D eigenvalue weighted by molar-refractivity contribution is 8.02. The van der Waals surface area contributed by atoms with Gasteiger partial charge in [0.2, 0.25) is 0 Å². The first kappa shape index (κ1) is 18.8. The van der Waals surface area contributed by atoms with Crippen LogP contribution in [-0.4, -0.2) is 33.6 Å². The van der Waals surface area contributed by atoms with Crippen molar-refractivity contribution in [1.29, 1.82) is 0 Å². The number of hydrogen-bond acceptors (Lipinski definition) is 8. The van der Waals surface area contributed by atoms with Crippen molar-refractivity contribution in [2.45, 2.75) is 27.8 Å². The predicted molar refractivity (Wildman–Crippen MR) is 98.6 cm³/mol. The van der Waals surface area contributed by atoms with Gasteiger partial charge in [0.05, 0.1) is 6.61 Å². The SMILES string of the molecule is CC=C(O)C(=O)OCCCSc1nnc(SCc2ccccc2)s1. The summed E-state index contributed by atoms with van der Waals surface area (Å²) in [4.78, 5) is 11.2. The molecular weight excluding hydrogens is 364 g/mol. The summed E-state index contributed by atoms with van der Waals surface area (Å²) >= 11 is 4.84. The Bertz CT molecular complexity index is 674. The molecule has 24 heavy (non-hydrogen) atoms. The van der Waals surface area contributed by atoms with E-state index in [2.05, 4.69) is 22.3 Å². The van der Waals surface area contributed by atoms with Crippen LogP contribution in [0.5, 0.6) is 0 Å². The summed E-state index contributed by atoms with van der Waals surface area (Å²) in [6.07, 6.45) is 2.01. The van der Waals surface area contributed by atoms with Crippen LogP contribution in [-0.2, 0) is 15.3 Å². The Labute approximate surface area is 153 Å². The second kappa shape index (κ2) is 10.4. The highest BCUT2D eigenvalue weighted by Gasteiger charge is 2.08. The van der Waals surface area contributed by atoms with Crippen LogP contribution in [0.2, 0.25) is 0 Å². The smallest absolute Gasteiger partial charge is 0.373 e. The molecule has 0 amide bonds. The molecule has 5 nitrogen and oxygen atoms in total. The van der Waals surface area contributed by atoms with Crippen molar-refractivity contribution < 1.29 is 14.6 Å². The van der Waals surface area contributed by atoms with Crippen LogP contribution in [0.25, 0.3) is 0 Å². The predicted octanol–water partition coefficient (Wildman–Crippen LogP) is 4.32. The van der Waals surface area contributed by atoms with E-state index in [9.17, 15) is 4.79 Å². The van der Waals surface area contributed by atoms with Gasteiger partial charge < -0.3 is 9.84 Å². The third-order valence-corrected chi connectivity index (χ3v) is 6.17. The van der Waals surface area contributed by atoms with Gasteiger partial charge in [-0.1, -0.05) is 65.2 Å². The molecule has 2 aromatic rings. The number of benzene rings is 1. The molecule has 0 saturated carbocycles. The van der Waals surface area contributed by atoms with Crippen LogP contribution in [0.4, 0.5) is 0 Å². The number of ether oxygens (including phenoxy) is 1. The number of allylic oxidation sites excluding steroid dienone is 1. The summed E-state index contributed by atoms with van der Waals surface area (Å²) in [5.74, 6) is 0.622. The fraction of sp³-hybridized carbons (Fsp3) is 0.312. The van der Waals surface area contributed by atoms with Crippen LogP contribution in [0.3, 0.4) is 0 Å². The molecule has 0 saturated heterocycles. The van der Waals surface area contributed by atoms with Gasteiger partial charge in [-0.25, -0.2) is 4.79 Å². The second-order valence-electron chi connectivity index (χ2n) is 4.62. The number of aliphatic hydroxyl groups excluding tert-OH is 1. The first-order chi connectivity index (χ1) is 11.7. The molecule has 1 heterocycles. The van der Waals surface area contributed by atoms with Gasteiger partial charge in [0.15, 0.2) is 14.4 Å².